The number of fused-ring (bicyclic) bond motifs is 4. The maximum atomic E-state index is 13.0. The molecule has 0 N–H and O–H groups in total. The van der Waals surface area contributed by atoms with E-state index < -0.39 is 17.2 Å². The summed E-state index contributed by atoms with van der Waals surface area (Å²) in [6.07, 6.45) is 2.91. The molecular weight excluding hydrogens is 498 g/mol. The van der Waals surface area contributed by atoms with E-state index in [-0.39, 0.29) is 30.7 Å². The van der Waals surface area contributed by atoms with Crippen molar-refractivity contribution in [2.45, 2.75) is 71.1 Å². The molecule has 1 fully saturated rings. The van der Waals surface area contributed by atoms with Gasteiger partial charge in [0.05, 0.1) is 6.61 Å². The lowest BCUT2D eigenvalue weighted by Gasteiger charge is -2.34. The fraction of sp³-hybridized carbons (Fsp3) is 0.484. The zero-order valence-corrected chi connectivity index (χ0v) is 23.0. The Labute approximate surface area is 228 Å². The lowest BCUT2D eigenvalue weighted by atomic mass is 9.86. The quantitative estimate of drug-likeness (QED) is 0.373. The zero-order valence-electron chi connectivity index (χ0n) is 23.0. The van der Waals surface area contributed by atoms with Gasteiger partial charge in [0.1, 0.15) is 36.4 Å². The average Bonchev–Trinajstić information content (AvgIpc) is 3.23. The van der Waals surface area contributed by atoms with Crippen LogP contribution in [0.4, 0.5) is 4.79 Å². The molecule has 2 unspecified atom stereocenters. The number of aldehydes is 1. The van der Waals surface area contributed by atoms with Crippen LogP contribution in [0.15, 0.2) is 30.3 Å². The molecule has 0 saturated carbocycles. The molecule has 1 aliphatic carbocycles. The topological polar surface area (TPSA) is 99.2 Å². The fourth-order valence-electron chi connectivity index (χ4n) is 5.83. The Balaban J connectivity index is 1.28. The third kappa shape index (κ3) is 5.35. The molecule has 0 bridgehead atoms. The maximum Gasteiger partial charge on any atom is 0.411 e. The van der Waals surface area contributed by atoms with Gasteiger partial charge in [0, 0.05) is 29.7 Å². The number of benzene rings is 2. The second-order valence-electron chi connectivity index (χ2n) is 12.0. The molecule has 8 nitrogen and oxygen atoms in total. The molecule has 0 radical (unpaired) electrons. The van der Waals surface area contributed by atoms with Gasteiger partial charge in [-0.25, -0.2) is 4.79 Å². The number of carbonyl (C=O) groups is 4. The minimum Gasteiger partial charge on any atom is -0.488 e. The Morgan fingerprint density at radius 2 is 1.90 bits per heavy atom. The predicted octanol–water partition coefficient (Wildman–Crippen LogP) is 5.18. The Bertz CT molecular complexity index is 1340. The number of amides is 1. The molecule has 5 rings (SSSR count). The van der Waals surface area contributed by atoms with Crippen LogP contribution in [-0.4, -0.2) is 59.7 Å². The van der Waals surface area contributed by atoms with Gasteiger partial charge in [0.15, 0.2) is 11.6 Å². The number of hydrogen-bond donors (Lipinski definition) is 0. The van der Waals surface area contributed by atoms with Crippen molar-refractivity contribution < 1.29 is 33.4 Å². The van der Waals surface area contributed by atoms with Gasteiger partial charge in [-0.05, 0) is 80.8 Å². The first-order valence-corrected chi connectivity index (χ1v) is 13.5. The zero-order chi connectivity index (χ0) is 27.9. The van der Waals surface area contributed by atoms with E-state index in [4.69, 9.17) is 14.2 Å². The summed E-state index contributed by atoms with van der Waals surface area (Å²) in [5.74, 6) is 0.718. The average molecular weight is 534 g/mol. The molecule has 39 heavy (non-hydrogen) atoms. The number of ether oxygens (including phenoxy) is 3. The monoisotopic (exact) mass is 533 g/mol. The van der Waals surface area contributed by atoms with Crippen LogP contribution in [0.3, 0.4) is 0 Å². The highest BCUT2D eigenvalue weighted by Crippen LogP contribution is 2.41. The van der Waals surface area contributed by atoms with E-state index in [9.17, 15) is 19.2 Å². The maximum absolute atomic E-state index is 13.0. The number of nitrogens with zero attached hydrogens (tertiary/aromatic N) is 1. The number of likely N-dealkylation sites (tertiary alicyclic amines) is 1. The van der Waals surface area contributed by atoms with Gasteiger partial charge in [-0.15, -0.1) is 0 Å². The van der Waals surface area contributed by atoms with Crippen LogP contribution >= 0.6 is 0 Å². The molecule has 206 valence electrons. The van der Waals surface area contributed by atoms with Gasteiger partial charge >= 0.3 is 6.09 Å². The van der Waals surface area contributed by atoms with E-state index in [0.29, 0.717) is 37.3 Å². The molecular formula is C31H35NO7. The summed E-state index contributed by atoms with van der Waals surface area (Å²) in [7, 11) is 0. The van der Waals surface area contributed by atoms with E-state index in [1.54, 1.807) is 26.8 Å². The Hall–Kier alpha value is -3.52. The summed E-state index contributed by atoms with van der Waals surface area (Å²) >= 11 is 0. The van der Waals surface area contributed by atoms with Gasteiger partial charge in [-0.3, -0.25) is 14.5 Å². The van der Waals surface area contributed by atoms with Gasteiger partial charge in [-0.1, -0.05) is 19.1 Å². The lowest BCUT2D eigenvalue weighted by molar-refractivity contribution is -0.120. The Morgan fingerprint density at radius 3 is 2.64 bits per heavy atom. The van der Waals surface area contributed by atoms with E-state index in [2.05, 4.69) is 0 Å². The van der Waals surface area contributed by atoms with Crippen molar-refractivity contribution >= 4 is 23.9 Å². The second-order valence-corrected chi connectivity index (χ2v) is 12.0. The molecule has 8 heteroatoms. The fourth-order valence-corrected chi connectivity index (χ4v) is 5.83. The highest BCUT2D eigenvalue weighted by Gasteiger charge is 2.48. The largest absolute Gasteiger partial charge is 0.488 e. The molecule has 1 saturated heterocycles. The minimum absolute atomic E-state index is 0.0862. The van der Waals surface area contributed by atoms with Crippen LogP contribution in [0.25, 0.3) is 11.1 Å². The van der Waals surface area contributed by atoms with E-state index >= 15 is 0 Å². The molecule has 3 aliphatic rings. The summed E-state index contributed by atoms with van der Waals surface area (Å²) in [5.41, 5.74) is 3.23. The van der Waals surface area contributed by atoms with E-state index in [1.807, 2.05) is 31.2 Å². The number of aryl methyl sites for hydroxylation is 1. The number of ketones is 2. The first-order chi connectivity index (χ1) is 18.5. The summed E-state index contributed by atoms with van der Waals surface area (Å²) in [4.78, 5) is 51.8. The first-order valence-electron chi connectivity index (χ1n) is 13.5. The minimum atomic E-state index is -1.17. The second kappa shape index (κ2) is 10.2. The van der Waals surface area contributed by atoms with E-state index in [1.165, 1.54) is 4.90 Å². The molecule has 2 atom stereocenters. The third-order valence-electron chi connectivity index (χ3n) is 7.61. The third-order valence-corrected chi connectivity index (χ3v) is 7.61. The van der Waals surface area contributed by atoms with Crippen LogP contribution in [0, 0.1) is 5.92 Å². The number of carbonyl (C=O) groups excluding carboxylic acids is 4. The molecule has 2 heterocycles. The molecule has 2 aromatic carbocycles. The number of rotatable bonds is 6. The van der Waals surface area contributed by atoms with Crippen LogP contribution < -0.4 is 4.74 Å². The van der Waals surface area contributed by atoms with Crippen molar-refractivity contribution in [2.24, 2.45) is 5.92 Å². The molecule has 2 aromatic rings. The van der Waals surface area contributed by atoms with Crippen LogP contribution in [0.2, 0.25) is 0 Å². The van der Waals surface area contributed by atoms with Gasteiger partial charge < -0.3 is 19.0 Å². The van der Waals surface area contributed by atoms with Crippen LogP contribution in [-0.2, 0) is 27.3 Å². The van der Waals surface area contributed by atoms with Crippen LogP contribution in [0.1, 0.15) is 78.8 Å². The normalized spacial score (nSPS) is 21.9. The molecule has 2 aliphatic heterocycles. The first kappa shape index (κ1) is 27.1. The van der Waals surface area contributed by atoms with Crippen molar-refractivity contribution in [3.05, 3.63) is 52.6 Å². The van der Waals surface area contributed by atoms with Crippen LogP contribution in [0.5, 0.6) is 5.75 Å². The van der Waals surface area contributed by atoms with Crippen molar-refractivity contribution in [1.82, 2.24) is 4.90 Å². The summed E-state index contributed by atoms with van der Waals surface area (Å²) in [5, 5.41) is 0. The van der Waals surface area contributed by atoms with Crippen molar-refractivity contribution in [3.8, 4) is 16.9 Å². The van der Waals surface area contributed by atoms with E-state index in [0.717, 1.165) is 46.9 Å². The Morgan fingerprint density at radius 1 is 1.10 bits per heavy atom. The molecule has 1 amide bonds. The number of hydrogen-bond acceptors (Lipinski definition) is 7. The smallest absolute Gasteiger partial charge is 0.411 e. The van der Waals surface area contributed by atoms with Gasteiger partial charge in [0.2, 0.25) is 0 Å². The number of Topliss-reactive ketones (excluding diaryl/α,β-unsaturated/α-hetero) is 2. The standard InChI is InChI=1S/C31H35NO7/c1-19-13-31(17-33,32(14-19)29(36)39-30(2,3)4)18-37-16-27(35)21-8-9-23-22(10-21)15-38-28-12-24-20(11-25(23)28)6-5-7-26(24)34/h8-12,17,19H,5-7,13-16,18H2,1-4H3. The lowest BCUT2D eigenvalue weighted by Crippen LogP contribution is -2.53. The van der Waals surface area contributed by atoms with Gasteiger partial charge in [0.25, 0.3) is 0 Å². The highest BCUT2D eigenvalue weighted by molar-refractivity contribution is 6.01. The predicted molar refractivity (Wildman–Crippen MR) is 144 cm³/mol. The SMILES string of the molecule is CC1CN(C(=O)OC(C)(C)C)C(C=O)(COCC(=O)c2ccc3c(c2)COc2cc4c(cc2-3)CCCC4=O)C1. The molecule has 0 spiro atoms. The van der Waals surface area contributed by atoms with Crippen molar-refractivity contribution in [2.75, 3.05) is 19.8 Å². The summed E-state index contributed by atoms with van der Waals surface area (Å²) in [6, 6.07) is 9.40. The summed E-state index contributed by atoms with van der Waals surface area (Å²) in [6.45, 7) is 7.67. The van der Waals surface area contributed by atoms with Crippen molar-refractivity contribution in [3.63, 3.8) is 0 Å². The highest BCUT2D eigenvalue weighted by atomic mass is 16.6. The summed E-state index contributed by atoms with van der Waals surface area (Å²) < 4.78 is 17.3. The van der Waals surface area contributed by atoms with Gasteiger partial charge in [-0.2, -0.15) is 0 Å². The Kier molecular flexibility index (Phi) is 7.10. The molecule has 0 aromatic heterocycles. The van der Waals surface area contributed by atoms with Crippen molar-refractivity contribution in [1.29, 1.82) is 0 Å².